The Morgan fingerprint density at radius 3 is 2.54 bits per heavy atom. The molecule has 5 heteroatoms. The molecule has 0 bridgehead atoms. The molecule has 1 unspecified atom stereocenters. The van der Waals surface area contributed by atoms with Gasteiger partial charge in [0.1, 0.15) is 5.01 Å². The Labute approximate surface area is 149 Å². The van der Waals surface area contributed by atoms with Crippen molar-refractivity contribution in [1.82, 2.24) is 15.6 Å². The minimum absolute atomic E-state index is 0.456. The summed E-state index contributed by atoms with van der Waals surface area (Å²) >= 11 is 1.70. The fourth-order valence-corrected chi connectivity index (χ4v) is 3.32. The molecule has 1 atom stereocenters. The molecule has 0 aliphatic rings. The van der Waals surface area contributed by atoms with Crippen molar-refractivity contribution in [3.63, 3.8) is 0 Å². The molecule has 1 aromatic carbocycles. The molecule has 0 radical (unpaired) electrons. The predicted octanol–water partition coefficient (Wildman–Crippen LogP) is 3.95. The van der Waals surface area contributed by atoms with Crippen molar-refractivity contribution in [3.8, 4) is 0 Å². The van der Waals surface area contributed by atoms with Gasteiger partial charge < -0.3 is 10.6 Å². The van der Waals surface area contributed by atoms with Gasteiger partial charge in [0.2, 0.25) is 0 Å². The largest absolute Gasteiger partial charge is 0.357 e. The fraction of sp³-hybridized carbons (Fsp3) is 0.474. The van der Waals surface area contributed by atoms with Crippen molar-refractivity contribution in [2.45, 2.75) is 40.2 Å². The number of benzene rings is 1. The van der Waals surface area contributed by atoms with E-state index in [9.17, 15) is 0 Å². The van der Waals surface area contributed by atoms with Crippen molar-refractivity contribution >= 4 is 17.3 Å². The van der Waals surface area contributed by atoms with Crippen LogP contribution in [0.15, 0.2) is 41.5 Å². The van der Waals surface area contributed by atoms with E-state index in [-0.39, 0.29) is 0 Å². The van der Waals surface area contributed by atoms with Gasteiger partial charge >= 0.3 is 0 Å². The summed E-state index contributed by atoms with van der Waals surface area (Å²) in [5, 5.41) is 7.86. The summed E-state index contributed by atoms with van der Waals surface area (Å²) in [5.74, 6) is 1.87. The lowest BCUT2D eigenvalue weighted by Crippen LogP contribution is -2.40. The quantitative estimate of drug-likeness (QED) is 0.591. The van der Waals surface area contributed by atoms with E-state index in [0.29, 0.717) is 18.4 Å². The molecule has 2 rings (SSSR count). The maximum atomic E-state index is 4.66. The van der Waals surface area contributed by atoms with E-state index in [1.54, 1.807) is 11.3 Å². The first-order valence-electron chi connectivity index (χ1n) is 8.58. The number of rotatable bonds is 7. The van der Waals surface area contributed by atoms with Gasteiger partial charge in [-0.25, -0.2) is 9.98 Å². The van der Waals surface area contributed by atoms with Crippen LogP contribution in [0, 0.1) is 12.8 Å². The summed E-state index contributed by atoms with van der Waals surface area (Å²) in [5.41, 5.74) is 1.37. The highest BCUT2D eigenvalue weighted by atomic mass is 32.1. The third-order valence-electron chi connectivity index (χ3n) is 3.91. The van der Waals surface area contributed by atoms with Gasteiger partial charge in [0.25, 0.3) is 0 Å². The summed E-state index contributed by atoms with van der Waals surface area (Å²) in [6, 6.07) is 10.7. The van der Waals surface area contributed by atoms with E-state index in [1.165, 1.54) is 10.4 Å². The predicted molar refractivity (Wildman–Crippen MR) is 104 cm³/mol. The van der Waals surface area contributed by atoms with Crippen molar-refractivity contribution in [2.24, 2.45) is 10.9 Å². The topological polar surface area (TPSA) is 49.3 Å². The van der Waals surface area contributed by atoms with Crippen molar-refractivity contribution in [3.05, 3.63) is 52.0 Å². The number of thiazole rings is 1. The molecule has 0 aliphatic heterocycles. The Morgan fingerprint density at radius 1 is 1.21 bits per heavy atom. The second-order valence-electron chi connectivity index (χ2n) is 6.20. The number of nitrogens with zero attached hydrogens (tertiary/aromatic N) is 2. The van der Waals surface area contributed by atoms with Gasteiger partial charge in [-0.2, -0.15) is 0 Å². The van der Waals surface area contributed by atoms with E-state index in [0.717, 1.165) is 24.1 Å². The lowest BCUT2D eigenvalue weighted by molar-refractivity contribution is 0.488. The second-order valence-corrected chi connectivity index (χ2v) is 7.52. The molecule has 2 aromatic rings. The molecule has 4 nitrogen and oxygen atoms in total. The Morgan fingerprint density at radius 2 is 1.96 bits per heavy atom. The summed E-state index contributed by atoms with van der Waals surface area (Å²) < 4.78 is 0. The van der Waals surface area contributed by atoms with Gasteiger partial charge in [0, 0.05) is 30.1 Å². The Hall–Kier alpha value is -1.88. The number of aryl methyl sites for hydroxylation is 1. The molecule has 0 spiro atoms. The van der Waals surface area contributed by atoms with Crippen LogP contribution < -0.4 is 10.6 Å². The van der Waals surface area contributed by atoms with Crippen LogP contribution in [0.3, 0.4) is 0 Å². The first-order valence-corrected chi connectivity index (χ1v) is 9.40. The molecule has 130 valence electrons. The van der Waals surface area contributed by atoms with Crippen LogP contribution in [-0.2, 0) is 6.54 Å². The monoisotopic (exact) mass is 344 g/mol. The number of guanidine groups is 1. The smallest absolute Gasteiger partial charge is 0.191 e. The van der Waals surface area contributed by atoms with Crippen LogP contribution in [-0.4, -0.2) is 24.0 Å². The van der Waals surface area contributed by atoms with Gasteiger partial charge in [-0.3, -0.25) is 0 Å². The van der Waals surface area contributed by atoms with Crippen LogP contribution in [0.25, 0.3) is 0 Å². The molecule has 0 amide bonds. The van der Waals surface area contributed by atoms with Crippen molar-refractivity contribution in [2.75, 3.05) is 13.1 Å². The van der Waals surface area contributed by atoms with Crippen LogP contribution >= 0.6 is 11.3 Å². The molecule has 1 heterocycles. The lowest BCUT2D eigenvalue weighted by atomic mass is 9.88. The van der Waals surface area contributed by atoms with Crippen LogP contribution in [0.5, 0.6) is 0 Å². The zero-order valence-corrected chi connectivity index (χ0v) is 15.9. The zero-order chi connectivity index (χ0) is 17.4. The molecule has 0 saturated carbocycles. The molecule has 2 N–H and O–H groups in total. The average molecular weight is 345 g/mol. The molecule has 0 saturated heterocycles. The maximum Gasteiger partial charge on any atom is 0.191 e. The van der Waals surface area contributed by atoms with E-state index >= 15 is 0 Å². The minimum atomic E-state index is 0.456. The summed E-state index contributed by atoms with van der Waals surface area (Å²) in [6.07, 6.45) is 1.90. The van der Waals surface area contributed by atoms with Gasteiger partial charge in [-0.1, -0.05) is 44.2 Å². The Kier molecular flexibility index (Phi) is 7.25. The summed E-state index contributed by atoms with van der Waals surface area (Å²) in [7, 11) is 0. The highest BCUT2D eigenvalue weighted by molar-refractivity contribution is 7.11. The molecule has 0 fully saturated rings. The molecule has 24 heavy (non-hydrogen) atoms. The van der Waals surface area contributed by atoms with Gasteiger partial charge in [0.15, 0.2) is 5.96 Å². The number of aromatic nitrogens is 1. The normalized spacial score (nSPS) is 13.1. The molecular weight excluding hydrogens is 316 g/mol. The molecular formula is C19H28N4S. The highest BCUT2D eigenvalue weighted by Gasteiger charge is 2.16. The van der Waals surface area contributed by atoms with Crippen LogP contribution in [0.4, 0.5) is 0 Å². The van der Waals surface area contributed by atoms with Crippen molar-refractivity contribution in [1.29, 1.82) is 0 Å². The number of hydrogen-bond acceptors (Lipinski definition) is 3. The lowest BCUT2D eigenvalue weighted by Gasteiger charge is -2.23. The first kappa shape index (κ1) is 18.5. The standard InChI is InChI=1S/C19H28N4S/c1-5-20-19(23-13-18-21-11-15(4)24-18)22-12-17(14(2)3)16-9-7-6-8-10-16/h6-11,14,17H,5,12-13H2,1-4H3,(H2,20,22,23). The highest BCUT2D eigenvalue weighted by Crippen LogP contribution is 2.23. The van der Waals surface area contributed by atoms with Gasteiger partial charge in [-0.15, -0.1) is 11.3 Å². The third-order valence-corrected chi connectivity index (χ3v) is 4.81. The second kappa shape index (κ2) is 9.42. The summed E-state index contributed by atoms with van der Waals surface area (Å²) in [4.78, 5) is 10.3. The first-order chi connectivity index (χ1) is 11.6. The average Bonchev–Trinajstić information content (AvgIpc) is 2.99. The van der Waals surface area contributed by atoms with E-state index < -0.39 is 0 Å². The molecule has 1 aromatic heterocycles. The fourth-order valence-electron chi connectivity index (χ4n) is 2.61. The zero-order valence-electron chi connectivity index (χ0n) is 15.0. The molecule has 0 aliphatic carbocycles. The maximum absolute atomic E-state index is 4.66. The number of nitrogens with one attached hydrogen (secondary N) is 2. The van der Waals surface area contributed by atoms with Gasteiger partial charge in [-0.05, 0) is 25.3 Å². The van der Waals surface area contributed by atoms with E-state index in [2.05, 4.69) is 78.6 Å². The number of hydrogen-bond donors (Lipinski definition) is 2. The van der Waals surface area contributed by atoms with Crippen LogP contribution in [0.2, 0.25) is 0 Å². The van der Waals surface area contributed by atoms with E-state index in [1.807, 2.05) is 6.20 Å². The Bertz CT molecular complexity index is 634. The summed E-state index contributed by atoms with van der Waals surface area (Å²) in [6.45, 7) is 11.0. The Balaban J connectivity index is 2.00. The van der Waals surface area contributed by atoms with Crippen molar-refractivity contribution < 1.29 is 0 Å². The SMILES string of the molecule is CCNC(=NCc1ncc(C)s1)NCC(c1ccccc1)C(C)C. The van der Waals surface area contributed by atoms with Gasteiger partial charge in [0.05, 0.1) is 6.54 Å². The van der Waals surface area contributed by atoms with E-state index in [4.69, 9.17) is 0 Å². The van der Waals surface area contributed by atoms with Crippen LogP contribution in [0.1, 0.15) is 42.1 Å². The third kappa shape index (κ3) is 5.64. The minimum Gasteiger partial charge on any atom is -0.357 e. The number of aliphatic imine (C=N–C) groups is 1.